The molecule has 0 atom stereocenters. The van der Waals surface area contributed by atoms with Gasteiger partial charge in [0.25, 0.3) is 0 Å². The van der Waals surface area contributed by atoms with Crippen LogP contribution in [0.2, 0.25) is 0 Å². The van der Waals surface area contributed by atoms with Crippen LogP contribution in [-0.4, -0.2) is 6.03 Å². The van der Waals surface area contributed by atoms with Crippen LogP contribution in [0.25, 0.3) is 0 Å². The Morgan fingerprint density at radius 3 is 2.26 bits per heavy atom. The number of urea groups is 1. The first kappa shape index (κ1) is 13.0. The second-order valence-electron chi connectivity index (χ2n) is 4.22. The topological polar surface area (TPSA) is 67.1 Å². The van der Waals surface area contributed by atoms with E-state index in [1.54, 1.807) is 0 Å². The lowest BCUT2D eigenvalue weighted by molar-refractivity contribution is 0.240. The van der Waals surface area contributed by atoms with Crippen molar-refractivity contribution in [2.24, 2.45) is 0 Å². The van der Waals surface area contributed by atoms with Gasteiger partial charge in [0.1, 0.15) is 0 Å². The molecular formula is C15H17N3O. The van der Waals surface area contributed by atoms with E-state index in [1.165, 1.54) is 0 Å². The molecule has 98 valence electrons. The molecule has 0 saturated carbocycles. The molecule has 0 aromatic heterocycles. The lowest BCUT2D eigenvalue weighted by Gasteiger charge is -2.09. The van der Waals surface area contributed by atoms with Crippen molar-refractivity contribution in [2.75, 3.05) is 5.73 Å². The Morgan fingerprint density at radius 2 is 1.53 bits per heavy atom. The molecule has 19 heavy (non-hydrogen) atoms. The van der Waals surface area contributed by atoms with Crippen molar-refractivity contribution in [2.45, 2.75) is 13.1 Å². The number of hydrogen-bond acceptors (Lipinski definition) is 2. The highest BCUT2D eigenvalue weighted by Gasteiger charge is 2.02. The van der Waals surface area contributed by atoms with Crippen molar-refractivity contribution < 1.29 is 4.79 Å². The summed E-state index contributed by atoms with van der Waals surface area (Å²) in [5, 5.41) is 5.58. The monoisotopic (exact) mass is 255 g/mol. The van der Waals surface area contributed by atoms with Crippen LogP contribution in [0.15, 0.2) is 54.6 Å². The van der Waals surface area contributed by atoms with Gasteiger partial charge in [0, 0.05) is 18.8 Å². The molecule has 0 bridgehead atoms. The number of nitrogen functional groups attached to an aromatic ring is 1. The van der Waals surface area contributed by atoms with E-state index in [4.69, 9.17) is 5.73 Å². The van der Waals surface area contributed by atoms with Crippen molar-refractivity contribution >= 4 is 11.7 Å². The molecule has 4 heteroatoms. The van der Waals surface area contributed by atoms with Crippen LogP contribution in [-0.2, 0) is 13.1 Å². The number of nitrogens with one attached hydrogen (secondary N) is 2. The van der Waals surface area contributed by atoms with E-state index in [1.807, 2.05) is 54.6 Å². The van der Waals surface area contributed by atoms with Gasteiger partial charge in [-0.3, -0.25) is 0 Å². The van der Waals surface area contributed by atoms with Gasteiger partial charge in [0.05, 0.1) is 0 Å². The van der Waals surface area contributed by atoms with Gasteiger partial charge < -0.3 is 16.4 Å². The fourth-order valence-electron chi connectivity index (χ4n) is 1.71. The molecule has 2 amide bonds. The summed E-state index contributed by atoms with van der Waals surface area (Å²) in [6.07, 6.45) is 0. The van der Waals surface area contributed by atoms with Gasteiger partial charge in [-0.15, -0.1) is 0 Å². The molecular weight excluding hydrogens is 238 g/mol. The lowest BCUT2D eigenvalue weighted by Crippen LogP contribution is -2.34. The molecule has 0 aliphatic carbocycles. The van der Waals surface area contributed by atoms with E-state index in [2.05, 4.69) is 10.6 Å². The van der Waals surface area contributed by atoms with Crippen molar-refractivity contribution in [1.82, 2.24) is 10.6 Å². The number of nitrogens with two attached hydrogens (primary N) is 1. The summed E-state index contributed by atoms with van der Waals surface area (Å²) in [6, 6.07) is 17.0. The number of para-hydroxylation sites is 1. The minimum Gasteiger partial charge on any atom is -0.398 e. The lowest BCUT2D eigenvalue weighted by atomic mass is 10.2. The second kappa shape index (κ2) is 6.44. The standard InChI is InChI=1S/C15H17N3O/c16-14-9-5-4-8-13(14)11-18-15(19)17-10-12-6-2-1-3-7-12/h1-9H,10-11,16H2,(H2,17,18,19). The Balaban J connectivity index is 1.78. The van der Waals surface area contributed by atoms with Gasteiger partial charge in [-0.25, -0.2) is 4.79 Å². The number of anilines is 1. The molecule has 0 saturated heterocycles. The van der Waals surface area contributed by atoms with E-state index in [0.717, 1.165) is 11.1 Å². The van der Waals surface area contributed by atoms with Crippen LogP contribution in [0, 0.1) is 0 Å². The summed E-state index contributed by atoms with van der Waals surface area (Å²) in [7, 11) is 0. The van der Waals surface area contributed by atoms with E-state index in [0.29, 0.717) is 18.8 Å². The maximum atomic E-state index is 11.6. The molecule has 0 heterocycles. The number of carbonyl (C=O) groups excluding carboxylic acids is 1. The summed E-state index contributed by atoms with van der Waals surface area (Å²) >= 11 is 0. The molecule has 2 rings (SSSR count). The molecule has 4 N–H and O–H groups in total. The highest BCUT2D eigenvalue weighted by atomic mass is 16.2. The molecule has 0 spiro atoms. The average molecular weight is 255 g/mol. The summed E-state index contributed by atoms with van der Waals surface area (Å²) in [6.45, 7) is 0.935. The Bertz CT molecular complexity index is 540. The van der Waals surface area contributed by atoms with Crippen LogP contribution in [0.5, 0.6) is 0 Å². The van der Waals surface area contributed by atoms with Crippen LogP contribution < -0.4 is 16.4 Å². The molecule has 2 aromatic rings. The largest absolute Gasteiger partial charge is 0.398 e. The Morgan fingerprint density at radius 1 is 0.895 bits per heavy atom. The number of hydrogen-bond donors (Lipinski definition) is 3. The normalized spacial score (nSPS) is 9.89. The van der Waals surface area contributed by atoms with Crippen LogP contribution in [0.4, 0.5) is 10.5 Å². The Kier molecular flexibility index (Phi) is 4.39. The zero-order valence-electron chi connectivity index (χ0n) is 10.6. The first-order chi connectivity index (χ1) is 9.25. The summed E-state index contributed by atoms with van der Waals surface area (Å²) < 4.78 is 0. The summed E-state index contributed by atoms with van der Waals surface area (Å²) in [4.78, 5) is 11.6. The zero-order chi connectivity index (χ0) is 13.5. The first-order valence-electron chi connectivity index (χ1n) is 6.15. The summed E-state index contributed by atoms with van der Waals surface area (Å²) in [5.41, 5.74) is 8.47. The predicted molar refractivity (Wildman–Crippen MR) is 76.4 cm³/mol. The highest BCUT2D eigenvalue weighted by Crippen LogP contribution is 2.09. The third-order valence-corrected chi connectivity index (χ3v) is 2.79. The van der Waals surface area contributed by atoms with Gasteiger partial charge >= 0.3 is 6.03 Å². The number of amides is 2. The molecule has 4 nitrogen and oxygen atoms in total. The first-order valence-corrected chi connectivity index (χ1v) is 6.15. The fourth-order valence-corrected chi connectivity index (χ4v) is 1.71. The Hall–Kier alpha value is -2.49. The molecule has 0 unspecified atom stereocenters. The molecule has 0 aliphatic rings. The summed E-state index contributed by atoms with van der Waals surface area (Å²) in [5.74, 6) is 0. The van der Waals surface area contributed by atoms with E-state index < -0.39 is 0 Å². The second-order valence-corrected chi connectivity index (χ2v) is 4.22. The third-order valence-electron chi connectivity index (χ3n) is 2.79. The van der Waals surface area contributed by atoms with Gasteiger partial charge in [-0.2, -0.15) is 0 Å². The quantitative estimate of drug-likeness (QED) is 0.734. The van der Waals surface area contributed by atoms with E-state index in [9.17, 15) is 4.79 Å². The van der Waals surface area contributed by atoms with Crippen molar-refractivity contribution in [1.29, 1.82) is 0 Å². The molecule has 0 radical (unpaired) electrons. The molecule has 2 aromatic carbocycles. The average Bonchev–Trinajstić information content (AvgIpc) is 2.45. The van der Waals surface area contributed by atoms with Gasteiger partial charge in [-0.05, 0) is 17.2 Å². The Labute approximate surface area is 112 Å². The molecule has 0 fully saturated rings. The maximum absolute atomic E-state index is 11.6. The van der Waals surface area contributed by atoms with Gasteiger partial charge in [0.2, 0.25) is 0 Å². The predicted octanol–water partition coefficient (Wildman–Crippen LogP) is 2.27. The number of benzene rings is 2. The molecule has 0 aliphatic heterocycles. The third kappa shape index (κ3) is 4.03. The van der Waals surface area contributed by atoms with Gasteiger partial charge in [-0.1, -0.05) is 48.5 Å². The van der Waals surface area contributed by atoms with Crippen molar-refractivity contribution in [3.05, 3.63) is 65.7 Å². The fraction of sp³-hybridized carbons (Fsp3) is 0.133. The van der Waals surface area contributed by atoms with E-state index in [-0.39, 0.29) is 6.03 Å². The maximum Gasteiger partial charge on any atom is 0.315 e. The highest BCUT2D eigenvalue weighted by molar-refractivity contribution is 5.74. The SMILES string of the molecule is Nc1ccccc1CNC(=O)NCc1ccccc1. The number of rotatable bonds is 4. The van der Waals surface area contributed by atoms with Crippen LogP contribution >= 0.6 is 0 Å². The minimum atomic E-state index is -0.202. The van der Waals surface area contributed by atoms with Crippen molar-refractivity contribution in [3.8, 4) is 0 Å². The van der Waals surface area contributed by atoms with Gasteiger partial charge in [0.15, 0.2) is 0 Å². The van der Waals surface area contributed by atoms with Crippen LogP contribution in [0.3, 0.4) is 0 Å². The smallest absolute Gasteiger partial charge is 0.315 e. The number of carbonyl (C=O) groups is 1. The van der Waals surface area contributed by atoms with Crippen molar-refractivity contribution in [3.63, 3.8) is 0 Å². The van der Waals surface area contributed by atoms with E-state index >= 15 is 0 Å². The van der Waals surface area contributed by atoms with Crippen LogP contribution in [0.1, 0.15) is 11.1 Å². The minimum absolute atomic E-state index is 0.202. The zero-order valence-corrected chi connectivity index (χ0v) is 10.6.